The van der Waals surface area contributed by atoms with Crippen LogP contribution < -0.4 is 5.32 Å². The zero-order chi connectivity index (χ0) is 13.8. The summed E-state index contributed by atoms with van der Waals surface area (Å²) in [6, 6.07) is 4.85. The quantitative estimate of drug-likeness (QED) is 0.905. The maximum Gasteiger partial charge on any atom is 0.206 e. The first-order chi connectivity index (χ1) is 10.3. The Labute approximate surface area is 132 Å². The maximum atomic E-state index is 4.39. The highest BCUT2D eigenvalue weighted by Crippen LogP contribution is 2.54. The fourth-order valence-electron chi connectivity index (χ4n) is 5.08. The van der Waals surface area contributed by atoms with Crippen LogP contribution in [0.5, 0.6) is 0 Å². The normalized spacial score (nSPS) is 37.0. The van der Waals surface area contributed by atoms with Gasteiger partial charge in [-0.3, -0.25) is 0 Å². The zero-order valence-electron chi connectivity index (χ0n) is 11.9. The Morgan fingerprint density at radius 1 is 1.00 bits per heavy atom. The van der Waals surface area contributed by atoms with Gasteiger partial charge in [-0.25, -0.2) is 0 Å². The monoisotopic (exact) mass is 317 g/mol. The number of nitrogens with one attached hydrogen (secondary N) is 1. The van der Waals surface area contributed by atoms with E-state index in [4.69, 9.17) is 0 Å². The second kappa shape index (κ2) is 4.78. The summed E-state index contributed by atoms with van der Waals surface area (Å²) in [6.45, 7) is 0. The molecule has 0 aromatic carbocycles. The highest BCUT2D eigenvalue weighted by Gasteiger charge is 2.48. The summed E-state index contributed by atoms with van der Waals surface area (Å²) in [5.74, 6) is 3.83. The van der Waals surface area contributed by atoms with Crippen molar-refractivity contribution in [2.75, 3.05) is 5.32 Å². The van der Waals surface area contributed by atoms with Crippen LogP contribution in [-0.2, 0) is 0 Å². The fraction of sp³-hybridized carbons (Fsp3) is 0.625. The summed E-state index contributed by atoms with van der Waals surface area (Å²) < 4.78 is 0. The first-order valence-corrected chi connectivity index (χ1v) is 9.68. The number of rotatable bonds is 3. The van der Waals surface area contributed by atoms with Gasteiger partial charge >= 0.3 is 0 Å². The minimum Gasteiger partial charge on any atom is -0.357 e. The number of thiophene rings is 1. The lowest BCUT2D eigenvalue weighted by molar-refractivity contribution is 0.00752. The van der Waals surface area contributed by atoms with Crippen LogP contribution in [0.2, 0.25) is 0 Å². The Morgan fingerprint density at radius 3 is 2.43 bits per heavy atom. The van der Waals surface area contributed by atoms with Crippen molar-refractivity contribution in [1.29, 1.82) is 0 Å². The molecule has 1 N–H and O–H groups in total. The van der Waals surface area contributed by atoms with Gasteiger partial charge in [0.15, 0.2) is 5.01 Å². The molecule has 0 amide bonds. The summed E-state index contributed by atoms with van der Waals surface area (Å²) in [5.41, 5.74) is 0. The van der Waals surface area contributed by atoms with Gasteiger partial charge < -0.3 is 5.32 Å². The van der Waals surface area contributed by atoms with Crippen molar-refractivity contribution >= 4 is 27.8 Å². The van der Waals surface area contributed by atoms with E-state index in [9.17, 15) is 0 Å². The standard InChI is InChI=1S/C16H19N3S2/c1-2-13(20-3-1)15-18-19-16(21-15)17-14-11-5-9-4-10(7-11)8-12(14)6-9/h1-3,9-12,14H,4-8H2,(H,17,19). The molecule has 0 atom stereocenters. The van der Waals surface area contributed by atoms with Crippen LogP contribution in [0.4, 0.5) is 5.13 Å². The summed E-state index contributed by atoms with van der Waals surface area (Å²) in [6.07, 6.45) is 7.30. The zero-order valence-corrected chi connectivity index (χ0v) is 13.5. The molecule has 4 fully saturated rings. The van der Waals surface area contributed by atoms with E-state index in [-0.39, 0.29) is 0 Å². The molecule has 110 valence electrons. The highest BCUT2D eigenvalue weighted by atomic mass is 32.1. The summed E-state index contributed by atoms with van der Waals surface area (Å²) in [7, 11) is 0. The van der Waals surface area contributed by atoms with Crippen LogP contribution in [0.25, 0.3) is 9.88 Å². The molecule has 2 heterocycles. The SMILES string of the molecule is c1csc(-c2nnc(NC3C4CC5CC(C4)CC3C5)s2)c1. The molecule has 4 aliphatic rings. The van der Waals surface area contributed by atoms with Crippen LogP contribution in [0.1, 0.15) is 32.1 Å². The molecule has 0 unspecified atom stereocenters. The van der Waals surface area contributed by atoms with Crippen LogP contribution in [0.3, 0.4) is 0 Å². The first-order valence-electron chi connectivity index (χ1n) is 7.99. The van der Waals surface area contributed by atoms with Gasteiger partial charge in [0.2, 0.25) is 5.13 Å². The minimum absolute atomic E-state index is 0.655. The summed E-state index contributed by atoms with van der Waals surface area (Å²) >= 11 is 3.45. The van der Waals surface area contributed by atoms with E-state index < -0.39 is 0 Å². The predicted molar refractivity (Wildman–Crippen MR) is 87.7 cm³/mol. The third kappa shape index (κ3) is 2.13. The third-order valence-electron chi connectivity index (χ3n) is 5.67. The Bertz CT molecular complexity index is 606. The van der Waals surface area contributed by atoms with Gasteiger partial charge in [0.05, 0.1) is 4.88 Å². The van der Waals surface area contributed by atoms with E-state index in [0.717, 1.165) is 33.8 Å². The average Bonchev–Trinajstić information content (AvgIpc) is 3.13. The summed E-state index contributed by atoms with van der Waals surface area (Å²) in [5, 5.41) is 16.7. The maximum absolute atomic E-state index is 4.39. The van der Waals surface area contributed by atoms with Crippen molar-refractivity contribution in [2.45, 2.75) is 38.1 Å². The van der Waals surface area contributed by atoms with Gasteiger partial charge in [0.25, 0.3) is 0 Å². The Kier molecular flexibility index (Phi) is 2.87. The predicted octanol–water partition coefficient (Wildman–Crippen LogP) is 4.50. The van der Waals surface area contributed by atoms with E-state index in [1.165, 1.54) is 37.0 Å². The third-order valence-corrected chi connectivity index (χ3v) is 7.57. The Hall–Kier alpha value is -0.940. The van der Waals surface area contributed by atoms with Crippen molar-refractivity contribution in [3.05, 3.63) is 17.5 Å². The van der Waals surface area contributed by atoms with E-state index in [0.29, 0.717) is 6.04 Å². The Morgan fingerprint density at radius 2 is 1.76 bits per heavy atom. The molecule has 0 radical (unpaired) electrons. The van der Waals surface area contributed by atoms with Crippen molar-refractivity contribution in [2.24, 2.45) is 23.7 Å². The van der Waals surface area contributed by atoms with Crippen molar-refractivity contribution in [3.8, 4) is 9.88 Å². The van der Waals surface area contributed by atoms with E-state index in [1.54, 1.807) is 22.7 Å². The first kappa shape index (κ1) is 12.6. The van der Waals surface area contributed by atoms with E-state index >= 15 is 0 Å². The number of anilines is 1. The van der Waals surface area contributed by atoms with Gasteiger partial charge in [-0.05, 0) is 67.2 Å². The van der Waals surface area contributed by atoms with Crippen LogP contribution >= 0.6 is 22.7 Å². The lowest BCUT2D eigenvalue weighted by atomic mass is 9.54. The number of aromatic nitrogens is 2. The fourth-order valence-corrected chi connectivity index (χ4v) is 6.67. The molecule has 2 aromatic heterocycles. The molecular weight excluding hydrogens is 298 g/mol. The minimum atomic E-state index is 0.655. The molecule has 6 rings (SSSR count). The van der Waals surface area contributed by atoms with Crippen molar-refractivity contribution in [3.63, 3.8) is 0 Å². The molecule has 0 aliphatic heterocycles. The van der Waals surface area contributed by atoms with E-state index in [1.807, 2.05) is 0 Å². The largest absolute Gasteiger partial charge is 0.357 e. The topological polar surface area (TPSA) is 37.8 Å². The van der Waals surface area contributed by atoms with Crippen LogP contribution in [0.15, 0.2) is 17.5 Å². The van der Waals surface area contributed by atoms with Crippen molar-refractivity contribution < 1.29 is 0 Å². The lowest BCUT2D eigenvalue weighted by Crippen LogP contribution is -2.51. The van der Waals surface area contributed by atoms with Gasteiger partial charge in [0, 0.05) is 6.04 Å². The second-order valence-electron chi connectivity index (χ2n) is 6.99. The molecule has 3 nitrogen and oxygen atoms in total. The number of hydrogen-bond acceptors (Lipinski definition) is 5. The molecule has 2 aromatic rings. The molecule has 4 bridgehead atoms. The second-order valence-corrected chi connectivity index (χ2v) is 8.92. The smallest absolute Gasteiger partial charge is 0.206 e. The highest BCUT2D eigenvalue weighted by molar-refractivity contribution is 7.22. The summed E-state index contributed by atoms with van der Waals surface area (Å²) in [4.78, 5) is 1.23. The van der Waals surface area contributed by atoms with Gasteiger partial charge in [0.1, 0.15) is 0 Å². The number of hydrogen-bond donors (Lipinski definition) is 1. The molecule has 0 spiro atoms. The van der Waals surface area contributed by atoms with Crippen molar-refractivity contribution in [1.82, 2.24) is 10.2 Å². The molecule has 4 aliphatic carbocycles. The average molecular weight is 317 g/mol. The molecule has 4 saturated carbocycles. The Balaban J connectivity index is 1.36. The molecule has 21 heavy (non-hydrogen) atoms. The molecular formula is C16H19N3S2. The molecule has 5 heteroatoms. The van der Waals surface area contributed by atoms with Gasteiger partial charge in [-0.1, -0.05) is 17.4 Å². The van der Waals surface area contributed by atoms with Gasteiger partial charge in [-0.2, -0.15) is 0 Å². The lowest BCUT2D eigenvalue weighted by Gasteiger charge is -2.54. The number of nitrogens with zero attached hydrogens (tertiary/aromatic N) is 2. The van der Waals surface area contributed by atoms with Crippen LogP contribution in [0, 0.1) is 23.7 Å². The van der Waals surface area contributed by atoms with E-state index in [2.05, 4.69) is 33.0 Å². The van der Waals surface area contributed by atoms with Crippen LogP contribution in [-0.4, -0.2) is 16.2 Å². The molecule has 0 saturated heterocycles. The van der Waals surface area contributed by atoms with Gasteiger partial charge in [-0.15, -0.1) is 21.5 Å².